The molecular formula is C15H16N2O6S. The summed E-state index contributed by atoms with van der Waals surface area (Å²) in [6.07, 6.45) is -0.340. The zero-order valence-electron chi connectivity index (χ0n) is 12.9. The largest absolute Gasteiger partial charge is 0.456 e. The molecule has 2 aromatic rings. The predicted molar refractivity (Wildman–Crippen MR) is 83.9 cm³/mol. The highest BCUT2D eigenvalue weighted by Crippen LogP contribution is 2.11. The summed E-state index contributed by atoms with van der Waals surface area (Å²) in [6.45, 7) is 1.13. The molecule has 0 radical (unpaired) electrons. The van der Waals surface area contributed by atoms with Crippen molar-refractivity contribution in [3.05, 3.63) is 42.2 Å². The third-order valence-electron chi connectivity index (χ3n) is 2.94. The molecule has 1 aromatic heterocycles. The molecule has 0 aliphatic rings. The van der Waals surface area contributed by atoms with E-state index in [1.165, 1.54) is 18.2 Å². The molecule has 128 valence electrons. The molecule has 1 heterocycles. The molecule has 0 aliphatic heterocycles. The first kappa shape index (κ1) is 17.7. The lowest BCUT2D eigenvalue weighted by molar-refractivity contribution is -0.146. The van der Waals surface area contributed by atoms with Gasteiger partial charge >= 0.3 is 5.97 Å². The average Bonchev–Trinajstić information content (AvgIpc) is 2.97. The Bertz CT molecular complexity index is 813. The summed E-state index contributed by atoms with van der Waals surface area (Å²) in [5.41, 5.74) is 0. The molecule has 0 aliphatic carbocycles. The Morgan fingerprint density at radius 3 is 2.58 bits per heavy atom. The van der Waals surface area contributed by atoms with Crippen LogP contribution in [0, 0.1) is 6.92 Å². The van der Waals surface area contributed by atoms with E-state index in [0.29, 0.717) is 5.76 Å². The summed E-state index contributed by atoms with van der Waals surface area (Å²) < 4.78 is 33.5. The molecule has 0 spiro atoms. The second kappa shape index (κ2) is 7.73. The van der Waals surface area contributed by atoms with Gasteiger partial charge in [-0.1, -0.05) is 23.4 Å². The summed E-state index contributed by atoms with van der Waals surface area (Å²) in [6, 6.07) is 9.30. The van der Waals surface area contributed by atoms with Crippen molar-refractivity contribution in [1.29, 1.82) is 0 Å². The van der Waals surface area contributed by atoms with Gasteiger partial charge in [0.05, 0.1) is 17.1 Å². The molecule has 9 heteroatoms. The van der Waals surface area contributed by atoms with Crippen LogP contribution in [0.2, 0.25) is 0 Å². The summed E-state index contributed by atoms with van der Waals surface area (Å²) >= 11 is 0. The van der Waals surface area contributed by atoms with Gasteiger partial charge in [-0.15, -0.1) is 0 Å². The molecule has 0 saturated carbocycles. The lowest BCUT2D eigenvalue weighted by atomic mass is 10.4. The van der Waals surface area contributed by atoms with Crippen LogP contribution < -0.4 is 5.32 Å². The third kappa shape index (κ3) is 5.20. The third-order valence-corrected chi connectivity index (χ3v) is 4.67. The first-order valence-electron chi connectivity index (χ1n) is 7.03. The minimum Gasteiger partial charge on any atom is -0.456 e. The van der Waals surface area contributed by atoms with Gasteiger partial charge in [-0.2, -0.15) is 0 Å². The van der Waals surface area contributed by atoms with Crippen LogP contribution in [-0.2, 0) is 24.2 Å². The Hall–Kier alpha value is -2.68. The number of nitrogens with one attached hydrogen (secondary N) is 1. The van der Waals surface area contributed by atoms with Crippen molar-refractivity contribution in [3.63, 3.8) is 0 Å². The molecule has 0 fully saturated rings. The van der Waals surface area contributed by atoms with Gasteiger partial charge in [0.15, 0.2) is 22.3 Å². The number of esters is 1. The summed E-state index contributed by atoms with van der Waals surface area (Å²) in [5.74, 6) is -1.03. The predicted octanol–water partition coefficient (Wildman–Crippen LogP) is 1.33. The number of aromatic nitrogens is 1. The molecule has 2 rings (SSSR count). The van der Waals surface area contributed by atoms with Crippen LogP contribution in [0.15, 0.2) is 45.8 Å². The van der Waals surface area contributed by atoms with Crippen molar-refractivity contribution >= 4 is 27.5 Å². The summed E-state index contributed by atoms with van der Waals surface area (Å²) in [7, 11) is -3.56. The maximum atomic E-state index is 12.0. The number of hydrogen-bond donors (Lipinski definition) is 1. The molecule has 0 bridgehead atoms. The fraction of sp³-hybridized carbons (Fsp3) is 0.267. The minimum absolute atomic E-state index is 0.136. The quantitative estimate of drug-likeness (QED) is 0.747. The average molecular weight is 352 g/mol. The Morgan fingerprint density at radius 1 is 1.25 bits per heavy atom. The van der Waals surface area contributed by atoms with Crippen molar-refractivity contribution in [1.82, 2.24) is 5.16 Å². The van der Waals surface area contributed by atoms with Crippen molar-refractivity contribution < 1.29 is 27.3 Å². The second-order valence-electron chi connectivity index (χ2n) is 4.91. The van der Waals surface area contributed by atoms with E-state index in [1.807, 2.05) is 0 Å². The minimum atomic E-state index is -3.56. The Kier molecular flexibility index (Phi) is 5.69. The maximum absolute atomic E-state index is 12.0. The molecule has 24 heavy (non-hydrogen) atoms. The van der Waals surface area contributed by atoms with Crippen LogP contribution in [0.5, 0.6) is 0 Å². The van der Waals surface area contributed by atoms with Crippen molar-refractivity contribution in [2.24, 2.45) is 0 Å². The number of aryl methyl sites for hydroxylation is 1. The summed E-state index contributed by atoms with van der Waals surface area (Å²) in [4.78, 5) is 23.3. The van der Waals surface area contributed by atoms with E-state index in [-0.39, 0.29) is 22.9 Å². The molecular weight excluding hydrogens is 336 g/mol. The first-order valence-corrected chi connectivity index (χ1v) is 8.68. The molecule has 8 nitrogen and oxygen atoms in total. The van der Waals surface area contributed by atoms with E-state index < -0.39 is 28.3 Å². The Morgan fingerprint density at radius 2 is 1.96 bits per heavy atom. The van der Waals surface area contributed by atoms with Gasteiger partial charge < -0.3 is 14.6 Å². The van der Waals surface area contributed by atoms with Crippen LogP contribution in [0.3, 0.4) is 0 Å². The highest BCUT2D eigenvalue weighted by atomic mass is 32.2. The van der Waals surface area contributed by atoms with Crippen molar-refractivity contribution in [3.8, 4) is 0 Å². The van der Waals surface area contributed by atoms with E-state index in [1.54, 1.807) is 25.1 Å². The Balaban J connectivity index is 1.76. The lowest BCUT2D eigenvalue weighted by Gasteiger charge is -2.06. The van der Waals surface area contributed by atoms with E-state index in [0.717, 1.165) is 0 Å². The van der Waals surface area contributed by atoms with Gasteiger partial charge in [-0.3, -0.25) is 9.59 Å². The van der Waals surface area contributed by atoms with Gasteiger partial charge in [0.1, 0.15) is 5.76 Å². The SMILES string of the molecule is Cc1cc(NC(=O)COC(=O)CCS(=O)(=O)c2ccccc2)no1. The zero-order chi connectivity index (χ0) is 17.6. The number of nitrogens with zero attached hydrogens (tertiary/aromatic N) is 1. The van der Waals surface area contributed by atoms with Crippen LogP contribution in [0.25, 0.3) is 0 Å². The topological polar surface area (TPSA) is 116 Å². The van der Waals surface area contributed by atoms with E-state index in [9.17, 15) is 18.0 Å². The number of benzene rings is 1. The van der Waals surface area contributed by atoms with Gasteiger partial charge in [-0.25, -0.2) is 8.42 Å². The molecule has 0 saturated heterocycles. The molecule has 0 unspecified atom stereocenters. The number of ether oxygens (including phenoxy) is 1. The Labute approximate surface area is 138 Å². The highest BCUT2D eigenvalue weighted by molar-refractivity contribution is 7.91. The number of carbonyl (C=O) groups excluding carboxylic acids is 2. The first-order chi connectivity index (χ1) is 11.4. The van der Waals surface area contributed by atoms with E-state index in [4.69, 9.17) is 9.26 Å². The fourth-order valence-corrected chi connectivity index (χ4v) is 3.03. The number of rotatable bonds is 7. The van der Waals surface area contributed by atoms with Crippen LogP contribution in [-0.4, -0.2) is 37.8 Å². The number of hydrogen-bond acceptors (Lipinski definition) is 7. The highest BCUT2D eigenvalue weighted by Gasteiger charge is 2.17. The number of anilines is 1. The molecule has 0 atom stereocenters. The maximum Gasteiger partial charge on any atom is 0.307 e. The number of amides is 1. The summed E-state index contributed by atoms with van der Waals surface area (Å²) in [5, 5.41) is 5.94. The van der Waals surface area contributed by atoms with Crippen molar-refractivity contribution in [2.45, 2.75) is 18.2 Å². The monoisotopic (exact) mass is 352 g/mol. The molecule has 1 N–H and O–H groups in total. The molecule has 1 aromatic carbocycles. The lowest BCUT2D eigenvalue weighted by Crippen LogP contribution is -2.22. The van der Waals surface area contributed by atoms with Crippen LogP contribution in [0.1, 0.15) is 12.2 Å². The number of sulfone groups is 1. The molecule has 1 amide bonds. The van der Waals surface area contributed by atoms with Gasteiger partial charge in [-0.05, 0) is 19.1 Å². The van der Waals surface area contributed by atoms with E-state index >= 15 is 0 Å². The van der Waals surface area contributed by atoms with E-state index in [2.05, 4.69) is 10.5 Å². The normalized spacial score (nSPS) is 11.0. The zero-order valence-corrected chi connectivity index (χ0v) is 13.7. The van der Waals surface area contributed by atoms with Crippen LogP contribution >= 0.6 is 0 Å². The smallest absolute Gasteiger partial charge is 0.307 e. The van der Waals surface area contributed by atoms with Crippen molar-refractivity contribution in [2.75, 3.05) is 17.7 Å². The van der Waals surface area contributed by atoms with Gasteiger partial charge in [0, 0.05) is 6.07 Å². The fourth-order valence-electron chi connectivity index (χ4n) is 1.79. The number of carbonyl (C=O) groups is 2. The second-order valence-corrected chi connectivity index (χ2v) is 7.02. The van der Waals surface area contributed by atoms with Gasteiger partial charge in [0.25, 0.3) is 5.91 Å². The standard InChI is InChI=1S/C15H16N2O6S/c1-11-9-13(17-23-11)16-14(18)10-22-15(19)7-8-24(20,21)12-5-3-2-4-6-12/h2-6,9H,7-8,10H2,1H3,(H,16,17,18). The van der Waals surface area contributed by atoms with Gasteiger partial charge in [0.2, 0.25) is 0 Å². The van der Waals surface area contributed by atoms with Crippen LogP contribution in [0.4, 0.5) is 5.82 Å².